The summed E-state index contributed by atoms with van der Waals surface area (Å²) in [6.07, 6.45) is -2.80. The maximum Gasteiger partial charge on any atom is 0.418 e. The number of aryl methyl sites for hydroxylation is 1. The second-order valence-electron chi connectivity index (χ2n) is 6.96. The van der Waals surface area contributed by atoms with Gasteiger partial charge in [-0.05, 0) is 55.2 Å². The molecule has 162 valence electrons. The van der Waals surface area contributed by atoms with E-state index in [-0.39, 0.29) is 11.4 Å². The third kappa shape index (κ3) is 4.86. The standard InChI is InChI=1S/C20H22F3N3O3S/c1-2-12-30(28,29)26-11-5-6-14-13-15(9-10-18(14)26)24-19(27)25-17-8-4-3-7-16(17)20(21,22)23/h3-4,7-10,13H,2,5-6,11-12H2,1H3,(H2,24,25,27). The van der Waals surface area contributed by atoms with Crippen molar-refractivity contribution in [2.45, 2.75) is 32.4 Å². The largest absolute Gasteiger partial charge is 0.418 e. The van der Waals surface area contributed by atoms with E-state index in [9.17, 15) is 26.4 Å². The lowest BCUT2D eigenvalue weighted by Gasteiger charge is -2.30. The molecule has 1 aliphatic rings. The quantitative estimate of drug-likeness (QED) is 0.697. The monoisotopic (exact) mass is 441 g/mol. The molecule has 0 saturated carbocycles. The maximum absolute atomic E-state index is 13.1. The van der Waals surface area contributed by atoms with Gasteiger partial charge < -0.3 is 10.6 Å². The molecule has 0 bridgehead atoms. The lowest BCUT2D eigenvalue weighted by molar-refractivity contribution is -0.136. The maximum atomic E-state index is 13.1. The summed E-state index contributed by atoms with van der Waals surface area (Å²) in [5, 5.41) is 4.73. The zero-order chi connectivity index (χ0) is 21.9. The van der Waals surface area contributed by atoms with Crippen molar-refractivity contribution in [1.29, 1.82) is 0 Å². The molecule has 2 aromatic carbocycles. The number of carbonyl (C=O) groups excluding carboxylic acids is 1. The van der Waals surface area contributed by atoms with Gasteiger partial charge in [-0.3, -0.25) is 4.31 Å². The number of halogens is 3. The molecule has 2 amide bonds. The lowest BCUT2D eigenvalue weighted by Crippen LogP contribution is -2.37. The first kappa shape index (κ1) is 21.9. The average Bonchev–Trinajstić information content (AvgIpc) is 2.66. The first-order valence-corrected chi connectivity index (χ1v) is 11.1. The third-order valence-electron chi connectivity index (χ3n) is 4.69. The number of urea groups is 1. The van der Waals surface area contributed by atoms with Gasteiger partial charge in [0.2, 0.25) is 10.0 Å². The number of para-hydroxylation sites is 1. The Balaban J connectivity index is 1.77. The minimum absolute atomic E-state index is 0.0491. The zero-order valence-electron chi connectivity index (χ0n) is 16.3. The second kappa shape index (κ2) is 8.55. The fraction of sp³-hybridized carbons (Fsp3) is 0.350. The summed E-state index contributed by atoms with van der Waals surface area (Å²) in [5.41, 5.74) is 0.405. The molecule has 0 saturated heterocycles. The highest BCUT2D eigenvalue weighted by Gasteiger charge is 2.33. The van der Waals surface area contributed by atoms with Crippen molar-refractivity contribution >= 4 is 33.1 Å². The van der Waals surface area contributed by atoms with Crippen LogP contribution in [0.15, 0.2) is 42.5 Å². The normalized spacial score (nSPS) is 14.2. The van der Waals surface area contributed by atoms with Crippen LogP contribution in [0.25, 0.3) is 0 Å². The fourth-order valence-corrected chi connectivity index (χ4v) is 5.04. The molecule has 0 unspecified atom stereocenters. The number of nitrogens with zero attached hydrogens (tertiary/aromatic N) is 1. The van der Waals surface area contributed by atoms with Crippen LogP contribution in [0.2, 0.25) is 0 Å². The van der Waals surface area contributed by atoms with Crippen molar-refractivity contribution in [3.63, 3.8) is 0 Å². The topological polar surface area (TPSA) is 78.5 Å². The number of benzene rings is 2. The van der Waals surface area contributed by atoms with E-state index in [0.29, 0.717) is 37.2 Å². The average molecular weight is 441 g/mol. The smallest absolute Gasteiger partial charge is 0.308 e. The Morgan fingerprint density at radius 2 is 1.87 bits per heavy atom. The predicted octanol–water partition coefficient (Wildman–Crippen LogP) is 4.84. The van der Waals surface area contributed by atoms with Gasteiger partial charge in [0.1, 0.15) is 0 Å². The van der Waals surface area contributed by atoms with Gasteiger partial charge in [0.25, 0.3) is 0 Å². The molecule has 0 atom stereocenters. The van der Waals surface area contributed by atoms with Crippen LogP contribution in [0.5, 0.6) is 0 Å². The van der Waals surface area contributed by atoms with Crippen LogP contribution in [0.1, 0.15) is 30.9 Å². The Labute approximate surface area is 173 Å². The number of fused-ring (bicyclic) bond motifs is 1. The van der Waals surface area contributed by atoms with Gasteiger partial charge in [-0.2, -0.15) is 13.2 Å². The van der Waals surface area contributed by atoms with E-state index >= 15 is 0 Å². The summed E-state index contributed by atoms with van der Waals surface area (Å²) in [5.74, 6) is 0.0491. The van der Waals surface area contributed by atoms with Crippen molar-refractivity contribution in [2.75, 3.05) is 27.2 Å². The molecule has 0 radical (unpaired) electrons. The van der Waals surface area contributed by atoms with Gasteiger partial charge in [-0.25, -0.2) is 13.2 Å². The highest BCUT2D eigenvalue weighted by atomic mass is 32.2. The molecule has 6 nitrogen and oxygen atoms in total. The Hall–Kier alpha value is -2.75. The van der Waals surface area contributed by atoms with Gasteiger partial charge in [-0.1, -0.05) is 19.1 Å². The zero-order valence-corrected chi connectivity index (χ0v) is 17.1. The van der Waals surface area contributed by atoms with E-state index in [1.165, 1.54) is 28.6 Å². The summed E-state index contributed by atoms with van der Waals surface area (Å²) in [4.78, 5) is 12.2. The minimum atomic E-state index is -4.59. The number of hydrogen-bond acceptors (Lipinski definition) is 3. The SMILES string of the molecule is CCCS(=O)(=O)N1CCCc2cc(NC(=O)Nc3ccccc3C(F)(F)F)ccc21. The molecule has 0 spiro atoms. The number of rotatable bonds is 5. The number of sulfonamides is 1. The molecular weight excluding hydrogens is 419 g/mol. The van der Waals surface area contributed by atoms with E-state index in [4.69, 9.17) is 0 Å². The van der Waals surface area contributed by atoms with E-state index in [1.54, 1.807) is 19.1 Å². The number of anilines is 3. The van der Waals surface area contributed by atoms with Crippen LogP contribution in [-0.4, -0.2) is 26.7 Å². The van der Waals surface area contributed by atoms with Gasteiger partial charge in [0, 0.05) is 12.2 Å². The summed E-state index contributed by atoms with van der Waals surface area (Å²) < 4.78 is 65.6. The molecule has 3 rings (SSSR count). The molecule has 10 heteroatoms. The van der Waals surface area contributed by atoms with Crippen LogP contribution in [-0.2, 0) is 22.6 Å². The molecule has 0 aliphatic carbocycles. The molecule has 1 heterocycles. The van der Waals surface area contributed by atoms with Crippen LogP contribution in [0, 0.1) is 0 Å². The van der Waals surface area contributed by atoms with E-state index in [0.717, 1.165) is 11.6 Å². The molecular formula is C20H22F3N3O3S. The van der Waals surface area contributed by atoms with Crippen molar-refractivity contribution in [2.24, 2.45) is 0 Å². The molecule has 0 fully saturated rings. The highest BCUT2D eigenvalue weighted by Crippen LogP contribution is 2.35. The first-order chi connectivity index (χ1) is 14.1. The number of nitrogens with one attached hydrogen (secondary N) is 2. The first-order valence-electron chi connectivity index (χ1n) is 9.49. The molecule has 2 aromatic rings. The lowest BCUT2D eigenvalue weighted by atomic mass is 10.0. The minimum Gasteiger partial charge on any atom is -0.308 e. The van der Waals surface area contributed by atoms with Gasteiger partial charge in [-0.15, -0.1) is 0 Å². The van der Waals surface area contributed by atoms with Crippen LogP contribution in [0.4, 0.5) is 35.0 Å². The Morgan fingerprint density at radius 3 is 2.57 bits per heavy atom. The molecule has 1 aliphatic heterocycles. The van der Waals surface area contributed by atoms with Gasteiger partial charge >= 0.3 is 12.2 Å². The van der Waals surface area contributed by atoms with Gasteiger partial charge in [0.05, 0.1) is 22.7 Å². The van der Waals surface area contributed by atoms with Crippen LogP contribution >= 0.6 is 0 Å². The summed E-state index contributed by atoms with van der Waals surface area (Å²) in [7, 11) is -3.42. The fourth-order valence-electron chi connectivity index (χ4n) is 3.42. The molecule has 2 N–H and O–H groups in total. The molecule has 0 aromatic heterocycles. The number of alkyl halides is 3. The van der Waals surface area contributed by atoms with E-state index < -0.39 is 27.8 Å². The third-order valence-corrected chi connectivity index (χ3v) is 6.67. The predicted molar refractivity (Wildman–Crippen MR) is 110 cm³/mol. The van der Waals surface area contributed by atoms with Crippen LogP contribution in [0.3, 0.4) is 0 Å². The number of amides is 2. The summed E-state index contributed by atoms with van der Waals surface area (Å²) in [6, 6.07) is 8.68. The second-order valence-corrected chi connectivity index (χ2v) is 8.97. The Kier molecular flexibility index (Phi) is 6.25. The Bertz CT molecular complexity index is 1040. The number of hydrogen-bond donors (Lipinski definition) is 2. The number of carbonyl (C=O) groups is 1. The van der Waals surface area contributed by atoms with Crippen molar-refractivity contribution in [3.8, 4) is 0 Å². The summed E-state index contributed by atoms with van der Waals surface area (Å²) >= 11 is 0. The van der Waals surface area contributed by atoms with Gasteiger partial charge in [0.15, 0.2) is 0 Å². The van der Waals surface area contributed by atoms with Crippen molar-refractivity contribution in [1.82, 2.24) is 0 Å². The van der Waals surface area contributed by atoms with Crippen molar-refractivity contribution < 1.29 is 26.4 Å². The highest BCUT2D eigenvalue weighted by molar-refractivity contribution is 7.92. The molecule has 30 heavy (non-hydrogen) atoms. The van der Waals surface area contributed by atoms with E-state index in [1.807, 2.05) is 0 Å². The van der Waals surface area contributed by atoms with E-state index in [2.05, 4.69) is 10.6 Å². The summed E-state index contributed by atoms with van der Waals surface area (Å²) in [6.45, 7) is 2.20. The Morgan fingerprint density at radius 1 is 1.13 bits per heavy atom. The van der Waals surface area contributed by atoms with Crippen molar-refractivity contribution in [3.05, 3.63) is 53.6 Å². The van der Waals surface area contributed by atoms with Crippen LogP contribution < -0.4 is 14.9 Å².